The van der Waals surface area contributed by atoms with E-state index in [-0.39, 0.29) is 5.75 Å². The molecular formula is C12H7BrN2O2S. The van der Waals surface area contributed by atoms with Gasteiger partial charge in [-0.05, 0) is 46.3 Å². The number of aromatic hydroxyl groups is 1. The van der Waals surface area contributed by atoms with Crippen LogP contribution in [0.5, 0.6) is 5.75 Å². The molecule has 0 bridgehead atoms. The molecule has 0 aliphatic carbocycles. The molecule has 1 N–H and O–H groups in total. The Morgan fingerprint density at radius 3 is 2.67 bits per heavy atom. The molecule has 0 spiro atoms. The van der Waals surface area contributed by atoms with Crippen LogP contribution in [0.3, 0.4) is 0 Å². The van der Waals surface area contributed by atoms with E-state index in [1.165, 1.54) is 0 Å². The van der Waals surface area contributed by atoms with Gasteiger partial charge in [-0.25, -0.2) is 0 Å². The molecule has 0 aliphatic rings. The largest absolute Gasteiger partial charge is 0.508 e. The summed E-state index contributed by atoms with van der Waals surface area (Å²) in [6, 6.07) is 8.58. The number of hydrogen-bond acceptors (Lipinski definition) is 5. The van der Waals surface area contributed by atoms with Crippen LogP contribution in [0.4, 0.5) is 0 Å². The van der Waals surface area contributed by atoms with Gasteiger partial charge in [-0.15, -0.1) is 11.3 Å². The Kier molecular flexibility index (Phi) is 2.89. The van der Waals surface area contributed by atoms with Crippen LogP contribution in [0.2, 0.25) is 0 Å². The highest BCUT2D eigenvalue weighted by atomic mass is 79.9. The lowest BCUT2D eigenvalue weighted by molar-refractivity contribution is 0.432. The maximum absolute atomic E-state index is 9.22. The zero-order valence-corrected chi connectivity index (χ0v) is 11.4. The molecule has 18 heavy (non-hydrogen) atoms. The number of rotatable bonds is 2. The van der Waals surface area contributed by atoms with Crippen molar-refractivity contribution in [3.63, 3.8) is 0 Å². The minimum Gasteiger partial charge on any atom is -0.508 e. The average molecular weight is 323 g/mol. The van der Waals surface area contributed by atoms with E-state index in [2.05, 4.69) is 26.1 Å². The van der Waals surface area contributed by atoms with Crippen molar-refractivity contribution in [3.8, 4) is 27.9 Å². The van der Waals surface area contributed by atoms with E-state index in [1.54, 1.807) is 35.6 Å². The lowest BCUT2D eigenvalue weighted by atomic mass is 10.2. The Labute approximate surface area is 115 Å². The zero-order chi connectivity index (χ0) is 12.5. The van der Waals surface area contributed by atoms with Crippen molar-refractivity contribution in [1.29, 1.82) is 0 Å². The number of phenols is 1. The topological polar surface area (TPSA) is 59.2 Å². The Bertz CT molecular complexity index is 675. The smallest absolute Gasteiger partial charge is 0.258 e. The summed E-state index contributed by atoms with van der Waals surface area (Å²) in [6.07, 6.45) is 0. The van der Waals surface area contributed by atoms with Crippen molar-refractivity contribution in [2.75, 3.05) is 0 Å². The summed E-state index contributed by atoms with van der Waals surface area (Å²) in [4.78, 5) is 5.26. The average Bonchev–Trinajstić information content (AvgIpc) is 2.98. The molecule has 0 aliphatic heterocycles. The second-order valence-electron chi connectivity index (χ2n) is 3.60. The highest BCUT2D eigenvalue weighted by Crippen LogP contribution is 2.29. The lowest BCUT2D eigenvalue weighted by Gasteiger charge is -1.93. The van der Waals surface area contributed by atoms with Gasteiger partial charge in [0, 0.05) is 15.4 Å². The van der Waals surface area contributed by atoms with Gasteiger partial charge in [-0.1, -0.05) is 5.16 Å². The van der Waals surface area contributed by atoms with Gasteiger partial charge in [0.05, 0.1) is 4.88 Å². The number of aromatic nitrogens is 2. The molecule has 0 fully saturated rings. The van der Waals surface area contributed by atoms with Gasteiger partial charge >= 0.3 is 0 Å². The molecular weight excluding hydrogens is 316 g/mol. The lowest BCUT2D eigenvalue weighted by Crippen LogP contribution is -1.77. The fourth-order valence-corrected chi connectivity index (χ4v) is 2.83. The van der Waals surface area contributed by atoms with E-state index in [4.69, 9.17) is 4.52 Å². The van der Waals surface area contributed by atoms with Gasteiger partial charge in [0.25, 0.3) is 5.89 Å². The van der Waals surface area contributed by atoms with Crippen LogP contribution in [-0.2, 0) is 0 Å². The van der Waals surface area contributed by atoms with Gasteiger partial charge in [0.1, 0.15) is 5.75 Å². The fraction of sp³-hybridized carbons (Fsp3) is 0. The Hall–Kier alpha value is -1.66. The molecule has 1 aromatic carbocycles. The molecule has 0 amide bonds. The molecule has 0 unspecified atom stereocenters. The van der Waals surface area contributed by atoms with Crippen LogP contribution < -0.4 is 0 Å². The summed E-state index contributed by atoms with van der Waals surface area (Å²) >= 11 is 4.93. The maximum atomic E-state index is 9.22. The number of thiophene rings is 1. The summed E-state index contributed by atoms with van der Waals surface area (Å²) in [6.45, 7) is 0. The van der Waals surface area contributed by atoms with Crippen molar-refractivity contribution in [3.05, 3.63) is 40.2 Å². The molecule has 90 valence electrons. The van der Waals surface area contributed by atoms with E-state index in [0.717, 1.165) is 14.9 Å². The number of benzene rings is 1. The first-order valence-electron chi connectivity index (χ1n) is 5.10. The standard InChI is InChI=1S/C12H7BrN2O2S/c13-8-5-10(18-6-8)11-14-12(17-15-11)7-1-3-9(16)4-2-7/h1-6,16H. The molecule has 6 heteroatoms. The molecule has 3 rings (SSSR count). The third-order valence-corrected chi connectivity index (χ3v) is 4.02. The highest BCUT2D eigenvalue weighted by Gasteiger charge is 2.11. The summed E-state index contributed by atoms with van der Waals surface area (Å²) < 4.78 is 6.20. The normalized spacial score (nSPS) is 10.7. The first-order chi connectivity index (χ1) is 8.72. The molecule has 0 radical (unpaired) electrons. The van der Waals surface area contributed by atoms with Crippen molar-refractivity contribution in [1.82, 2.24) is 10.1 Å². The minimum atomic E-state index is 0.209. The first kappa shape index (κ1) is 11.4. The second-order valence-corrected chi connectivity index (χ2v) is 5.43. The van der Waals surface area contributed by atoms with Gasteiger partial charge in [0.2, 0.25) is 5.82 Å². The zero-order valence-electron chi connectivity index (χ0n) is 9.00. The predicted octanol–water partition coefficient (Wildman–Crippen LogP) is 3.93. The molecule has 2 aromatic heterocycles. The highest BCUT2D eigenvalue weighted by molar-refractivity contribution is 9.10. The molecule has 0 saturated carbocycles. The van der Waals surface area contributed by atoms with Crippen LogP contribution in [-0.4, -0.2) is 15.2 Å². The van der Waals surface area contributed by atoms with E-state index in [0.29, 0.717) is 11.7 Å². The summed E-state index contributed by atoms with van der Waals surface area (Å²) in [5.74, 6) is 1.21. The van der Waals surface area contributed by atoms with Crippen LogP contribution >= 0.6 is 27.3 Å². The van der Waals surface area contributed by atoms with E-state index in [1.807, 2.05) is 11.4 Å². The van der Waals surface area contributed by atoms with Crippen LogP contribution in [0.25, 0.3) is 22.2 Å². The molecule has 4 nitrogen and oxygen atoms in total. The SMILES string of the molecule is Oc1ccc(-c2nc(-c3cc(Br)cs3)no2)cc1. The molecule has 0 atom stereocenters. The monoisotopic (exact) mass is 322 g/mol. The van der Waals surface area contributed by atoms with Crippen LogP contribution in [0.15, 0.2) is 44.7 Å². The van der Waals surface area contributed by atoms with Crippen molar-refractivity contribution in [2.24, 2.45) is 0 Å². The third-order valence-electron chi connectivity index (χ3n) is 2.33. The molecule has 3 aromatic rings. The quantitative estimate of drug-likeness (QED) is 0.776. The summed E-state index contributed by atoms with van der Waals surface area (Å²) in [7, 11) is 0. The first-order valence-corrected chi connectivity index (χ1v) is 6.77. The number of nitrogens with zero attached hydrogens (tertiary/aromatic N) is 2. The molecule has 2 heterocycles. The van der Waals surface area contributed by atoms with E-state index in [9.17, 15) is 5.11 Å². The Morgan fingerprint density at radius 2 is 2.00 bits per heavy atom. The van der Waals surface area contributed by atoms with Crippen LogP contribution in [0.1, 0.15) is 0 Å². The van der Waals surface area contributed by atoms with Gasteiger partial charge in [0.15, 0.2) is 0 Å². The number of phenolic OH excluding ortho intramolecular Hbond substituents is 1. The van der Waals surface area contributed by atoms with Crippen LogP contribution in [0, 0.1) is 0 Å². The minimum absolute atomic E-state index is 0.209. The summed E-state index contributed by atoms with van der Waals surface area (Å²) in [5.41, 5.74) is 0.780. The van der Waals surface area contributed by atoms with Crippen molar-refractivity contribution >= 4 is 27.3 Å². The van der Waals surface area contributed by atoms with Crippen molar-refractivity contribution < 1.29 is 9.63 Å². The predicted molar refractivity (Wildman–Crippen MR) is 72.4 cm³/mol. The number of hydrogen-bond donors (Lipinski definition) is 1. The van der Waals surface area contributed by atoms with Gasteiger partial charge in [-0.3, -0.25) is 0 Å². The van der Waals surface area contributed by atoms with E-state index >= 15 is 0 Å². The Morgan fingerprint density at radius 1 is 1.22 bits per heavy atom. The van der Waals surface area contributed by atoms with Gasteiger partial charge < -0.3 is 9.63 Å². The maximum Gasteiger partial charge on any atom is 0.258 e. The molecule has 0 saturated heterocycles. The fourth-order valence-electron chi connectivity index (χ4n) is 1.48. The van der Waals surface area contributed by atoms with Gasteiger partial charge in [-0.2, -0.15) is 4.98 Å². The number of halogens is 1. The Balaban J connectivity index is 1.96. The van der Waals surface area contributed by atoms with Crippen molar-refractivity contribution in [2.45, 2.75) is 0 Å². The summed E-state index contributed by atoms with van der Waals surface area (Å²) in [5, 5.41) is 15.1. The second kappa shape index (κ2) is 4.55. The van der Waals surface area contributed by atoms with E-state index < -0.39 is 0 Å². The third kappa shape index (κ3) is 2.16.